The lowest BCUT2D eigenvalue weighted by molar-refractivity contribution is -0.143. The first-order chi connectivity index (χ1) is 10.9. The molecule has 0 aliphatic carbocycles. The van der Waals surface area contributed by atoms with Crippen LogP contribution in [0.15, 0.2) is 36.4 Å². The number of hydrogen-bond donors (Lipinski definition) is 1. The predicted molar refractivity (Wildman–Crippen MR) is 89.5 cm³/mol. The molecule has 122 valence electrons. The molecule has 0 aromatic heterocycles. The number of rotatable bonds is 5. The van der Waals surface area contributed by atoms with Crippen molar-refractivity contribution in [2.24, 2.45) is 5.73 Å². The van der Waals surface area contributed by atoms with Crippen LogP contribution in [0.2, 0.25) is 0 Å². The average Bonchev–Trinajstić information content (AvgIpc) is 2.50. The van der Waals surface area contributed by atoms with Gasteiger partial charge < -0.3 is 10.5 Å². The van der Waals surface area contributed by atoms with Gasteiger partial charge in [0.25, 0.3) is 0 Å². The Kier molecular flexibility index (Phi) is 5.50. The van der Waals surface area contributed by atoms with Crippen LogP contribution in [-0.4, -0.2) is 12.6 Å². The molecule has 0 fully saturated rings. The zero-order valence-corrected chi connectivity index (χ0v) is 13.7. The van der Waals surface area contributed by atoms with E-state index in [0.29, 0.717) is 12.2 Å². The van der Waals surface area contributed by atoms with Gasteiger partial charge in [-0.3, -0.25) is 4.79 Å². The lowest BCUT2D eigenvalue weighted by atomic mass is 9.90. The predicted octanol–water partition coefficient (Wildman–Crippen LogP) is 4.06. The summed E-state index contributed by atoms with van der Waals surface area (Å²) in [5.41, 5.74) is 10.5. The third-order valence-corrected chi connectivity index (χ3v) is 3.94. The van der Waals surface area contributed by atoms with Crippen molar-refractivity contribution in [1.82, 2.24) is 0 Å². The van der Waals surface area contributed by atoms with Gasteiger partial charge in [-0.25, -0.2) is 4.39 Å². The number of benzene rings is 2. The summed E-state index contributed by atoms with van der Waals surface area (Å²) in [5.74, 6) is -0.732. The molecule has 1 atom stereocenters. The van der Waals surface area contributed by atoms with Crippen LogP contribution in [0, 0.1) is 19.7 Å². The van der Waals surface area contributed by atoms with E-state index in [1.54, 1.807) is 6.92 Å². The fourth-order valence-corrected chi connectivity index (χ4v) is 2.75. The Morgan fingerprint density at radius 3 is 2.57 bits per heavy atom. The number of halogens is 1. The van der Waals surface area contributed by atoms with Gasteiger partial charge in [0.05, 0.1) is 13.0 Å². The van der Waals surface area contributed by atoms with Crippen molar-refractivity contribution in [1.29, 1.82) is 0 Å². The van der Waals surface area contributed by atoms with Crippen molar-refractivity contribution in [3.05, 3.63) is 58.9 Å². The fraction of sp³-hybridized carbons (Fsp3) is 0.316. The highest BCUT2D eigenvalue weighted by molar-refractivity contribution is 5.73. The lowest BCUT2D eigenvalue weighted by Crippen LogP contribution is -2.18. The molecule has 0 aliphatic heterocycles. The maximum atomic E-state index is 14.1. The van der Waals surface area contributed by atoms with E-state index in [1.165, 1.54) is 12.1 Å². The highest BCUT2D eigenvalue weighted by Gasteiger charge is 2.18. The normalized spacial score (nSPS) is 12.0. The molecule has 0 amide bonds. The third kappa shape index (κ3) is 3.96. The second kappa shape index (κ2) is 7.38. The van der Waals surface area contributed by atoms with Gasteiger partial charge in [-0.2, -0.15) is 0 Å². The van der Waals surface area contributed by atoms with Crippen LogP contribution in [0.25, 0.3) is 11.1 Å². The van der Waals surface area contributed by atoms with Gasteiger partial charge in [0.15, 0.2) is 0 Å². The number of carbonyl (C=O) groups excluding carboxylic acids is 1. The summed E-state index contributed by atoms with van der Waals surface area (Å²) in [6.07, 6.45) is 0.0331. The van der Waals surface area contributed by atoms with Crippen LogP contribution in [0.1, 0.15) is 36.1 Å². The Morgan fingerprint density at radius 2 is 1.91 bits per heavy atom. The van der Waals surface area contributed by atoms with Crippen LogP contribution in [0.3, 0.4) is 0 Å². The molecule has 2 N–H and O–H groups in total. The zero-order valence-electron chi connectivity index (χ0n) is 13.7. The van der Waals surface area contributed by atoms with Crippen LogP contribution in [0.4, 0.5) is 4.39 Å². The smallest absolute Gasteiger partial charge is 0.307 e. The van der Waals surface area contributed by atoms with Gasteiger partial charge in [-0.05, 0) is 60.7 Å². The van der Waals surface area contributed by atoms with Crippen molar-refractivity contribution in [2.75, 3.05) is 6.61 Å². The topological polar surface area (TPSA) is 52.3 Å². The number of ether oxygens (including phenoxy) is 1. The number of esters is 1. The second-order valence-electron chi connectivity index (χ2n) is 5.60. The first-order valence-corrected chi connectivity index (χ1v) is 7.71. The molecule has 4 heteroatoms. The summed E-state index contributed by atoms with van der Waals surface area (Å²) >= 11 is 0. The number of nitrogens with two attached hydrogens (primary N) is 1. The number of carbonyl (C=O) groups is 1. The van der Waals surface area contributed by atoms with Crippen molar-refractivity contribution < 1.29 is 13.9 Å². The minimum Gasteiger partial charge on any atom is -0.466 e. The van der Waals surface area contributed by atoms with Gasteiger partial charge >= 0.3 is 5.97 Å². The summed E-state index contributed by atoms with van der Waals surface area (Å²) in [5, 5.41) is 0. The van der Waals surface area contributed by atoms with Crippen LogP contribution >= 0.6 is 0 Å². The monoisotopic (exact) mass is 315 g/mol. The zero-order chi connectivity index (χ0) is 17.0. The Balaban J connectivity index is 2.43. The molecular weight excluding hydrogens is 293 g/mol. The molecule has 2 aromatic rings. The van der Waals surface area contributed by atoms with Gasteiger partial charge in [-0.15, -0.1) is 0 Å². The number of hydrogen-bond acceptors (Lipinski definition) is 3. The third-order valence-electron chi connectivity index (χ3n) is 3.94. The molecule has 0 radical (unpaired) electrons. The molecule has 0 heterocycles. The molecule has 1 unspecified atom stereocenters. The van der Waals surface area contributed by atoms with E-state index in [9.17, 15) is 9.18 Å². The fourth-order valence-electron chi connectivity index (χ4n) is 2.75. The highest BCUT2D eigenvalue weighted by Crippen LogP contribution is 2.32. The molecule has 3 nitrogen and oxygen atoms in total. The highest BCUT2D eigenvalue weighted by atomic mass is 19.1. The minimum atomic E-state index is -0.590. The van der Waals surface area contributed by atoms with E-state index in [2.05, 4.69) is 0 Å². The van der Waals surface area contributed by atoms with Crippen molar-refractivity contribution in [2.45, 2.75) is 33.2 Å². The summed E-state index contributed by atoms with van der Waals surface area (Å²) in [4.78, 5) is 11.6. The van der Waals surface area contributed by atoms with Gasteiger partial charge in [-0.1, -0.05) is 24.3 Å². The Hall–Kier alpha value is -2.20. The summed E-state index contributed by atoms with van der Waals surface area (Å²) in [6, 6.07) is 10.1. The summed E-state index contributed by atoms with van der Waals surface area (Å²) < 4.78 is 19.0. The first kappa shape index (κ1) is 17.2. The van der Waals surface area contributed by atoms with Crippen molar-refractivity contribution in [3.8, 4) is 11.1 Å². The lowest BCUT2D eigenvalue weighted by Gasteiger charge is -2.18. The standard InChI is InChI=1S/C19H22FNO2/c1-4-23-19(22)11-18(21)17-10-14(20)9-16(13(17)3)15-8-6-5-7-12(15)2/h5-10,18H,4,11,21H2,1-3H3. The van der Waals surface area contributed by atoms with E-state index < -0.39 is 6.04 Å². The van der Waals surface area contributed by atoms with Crippen LogP contribution < -0.4 is 5.73 Å². The molecule has 23 heavy (non-hydrogen) atoms. The maximum absolute atomic E-state index is 14.1. The molecule has 0 saturated carbocycles. The van der Waals surface area contributed by atoms with E-state index in [0.717, 1.165) is 22.3 Å². The molecular formula is C19H22FNO2. The van der Waals surface area contributed by atoms with Crippen LogP contribution in [-0.2, 0) is 9.53 Å². The SMILES string of the molecule is CCOC(=O)CC(N)c1cc(F)cc(-c2ccccc2C)c1C. The van der Waals surface area contributed by atoms with E-state index >= 15 is 0 Å². The average molecular weight is 315 g/mol. The maximum Gasteiger partial charge on any atom is 0.307 e. The van der Waals surface area contributed by atoms with E-state index in [-0.39, 0.29) is 18.2 Å². The Bertz CT molecular complexity index is 713. The van der Waals surface area contributed by atoms with E-state index in [1.807, 2.05) is 38.1 Å². The van der Waals surface area contributed by atoms with Gasteiger partial charge in [0.1, 0.15) is 5.82 Å². The quantitative estimate of drug-likeness (QED) is 0.846. The Morgan fingerprint density at radius 1 is 1.22 bits per heavy atom. The summed E-state index contributed by atoms with van der Waals surface area (Å²) in [7, 11) is 0. The molecule has 0 spiro atoms. The van der Waals surface area contributed by atoms with Crippen LogP contribution in [0.5, 0.6) is 0 Å². The minimum absolute atomic E-state index is 0.0331. The van der Waals surface area contributed by atoms with Gasteiger partial charge in [0.2, 0.25) is 0 Å². The molecule has 0 aliphatic rings. The number of aryl methyl sites for hydroxylation is 1. The Labute approximate surface area is 136 Å². The molecule has 0 saturated heterocycles. The molecule has 2 aromatic carbocycles. The largest absolute Gasteiger partial charge is 0.466 e. The van der Waals surface area contributed by atoms with Gasteiger partial charge in [0, 0.05) is 6.04 Å². The summed E-state index contributed by atoms with van der Waals surface area (Å²) in [6.45, 7) is 5.94. The second-order valence-corrected chi connectivity index (χ2v) is 5.60. The first-order valence-electron chi connectivity index (χ1n) is 7.71. The molecule has 2 rings (SSSR count). The van der Waals surface area contributed by atoms with Crippen molar-refractivity contribution >= 4 is 5.97 Å². The molecule has 0 bridgehead atoms. The van der Waals surface area contributed by atoms with E-state index in [4.69, 9.17) is 10.5 Å². The van der Waals surface area contributed by atoms with Crippen molar-refractivity contribution in [3.63, 3.8) is 0 Å².